The van der Waals surface area contributed by atoms with Crippen LogP contribution in [0, 0.1) is 11.6 Å². The number of hydrogen-bond acceptors (Lipinski definition) is 5. The highest BCUT2D eigenvalue weighted by atomic mass is 19.1. The standard InChI is InChI=1S/C18H14F2N2O4/c19-11-5-10(6-12(20)7-11)17-21-14-8-22(4-3-15(14)26-17)18(24)16-2-1-13(9-23)25-16/h1-2,5-7,23H,3-4,8-9H2. The quantitative estimate of drug-likeness (QED) is 0.777. The van der Waals surface area contributed by atoms with Crippen molar-refractivity contribution in [1.82, 2.24) is 9.88 Å². The molecule has 1 aliphatic rings. The second kappa shape index (κ2) is 6.38. The highest BCUT2D eigenvalue weighted by Gasteiger charge is 2.28. The fourth-order valence-corrected chi connectivity index (χ4v) is 2.91. The lowest BCUT2D eigenvalue weighted by Gasteiger charge is -2.24. The number of carbonyl (C=O) groups is 1. The molecule has 0 saturated carbocycles. The molecule has 0 radical (unpaired) electrons. The Kier molecular flexibility index (Phi) is 4.04. The molecule has 0 unspecified atom stereocenters. The van der Waals surface area contributed by atoms with Gasteiger partial charge < -0.3 is 18.8 Å². The monoisotopic (exact) mass is 360 g/mol. The first-order chi connectivity index (χ1) is 12.5. The zero-order chi connectivity index (χ0) is 18.3. The summed E-state index contributed by atoms with van der Waals surface area (Å²) in [5.41, 5.74) is 0.742. The van der Waals surface area contributed by atoms with E-state index >= 15 is 0 Å². The Labute approximate surface area is 146 Å². The number of amides is 1. The molecule has 0 aliphatic carbocycles. The first kappa shape index (κ1) is 16.5. The number of hydrogen-bond donors (Lipinski definition) is 1. The van der Waals surface area contributed by atoms with E-state index in [0.29, 0.717) is 30.2 Å². The van der Waals surface area contributed by atoms with Crippen molar-refractivity contribution in [3.05, 3.63) is 64.9 Å². The minimum Gasteiger partial charge on any atom is -0.453 e. The Morgan fingerprint density at radius 1 is 1.19 bits per heavy atom. The molecule has 1 N–H and O–H groups in total. The maximum atomic E-state index is 13.4. The molecule has 0 saturated heterocycles. The van der Waals surface area contributed by atoms with Gasteiger partial charge in [0.05, 0.1) is 6.54 Å². The van der Waals surface area contributed by atoms with E-state index in [-0.39, 0.29) is 36.3 Å². The van der Waals surface area contributed by atoms with Gasteiger partial charge in [-0.05, 0) is 24.3 Å². The number of aromatic nitrogens is 1. The lowest BCUT2D eigenvalue weighted by Crippen LogP contribution is -2.35. The molecule has 26 heavy (non-hydrogen) atoms. The molecular weight excluding hydrogens is 346 g/mol. The summed E-state index contributed by atoms with van der Waals surface area (Å²) in [5, 5.41) is 9.03. The molecule has 2 aromatic heterocycles. The normalized spacial score (nSPS) is 13.7. The van der Waals surface area contributed by atoms with Crippen LogP contribution in [0.15, 0.2) is 39.2 Å². The van der Waals surface area contributed by atoms with Gasteiger partial charge in [-0.15, -0.1) is 0 Å². The van der Waals surface area contributed by atoms with Gasteiger partial charge in [-0.2, -0.15) is 0 Å². The number of nitrogens with zero attached hydrogens (tertiary/aromatic N) is 2. The van der Waals surface area contributed by atoms with Crippen LogP contribution in [0.2, 0.25) is 0 Å². The molecule has 3 aromatic rings. The molecular formula is C18H14F2N2O4. The number of benzene rings is 1. The number of aliphatic hydroxyl groups is 1. The van der Waals surface area contributed by atoms with Crippen LogP contribution in [-0.4, -0.2) is 27.4 Å². The van der Waals surface area contributed by atoms with Gasteiger partial charge in [-0.25, -0.2) is 13.8 Å². The summed E-state index contributed by atoms with van der Waals surface area (Å²) in [6, 6.07) is 6.10. The van der Waals surface area contributed by atoms with Crippen LogP contribution in [0.4, 0.5) is 8.78 Å². The molecule has 0 fully saturated rings. The van der Waals surface area contributed by atoms with Crippen LogP contribution in [0.1, 0.15) is 27.8 Å². The van der Waals surface area contributed by atoms with Crippen LogP contribution in [0.25, 0.3) is 11.5 Å². The first-order valence-electron chi connectivity index (χ1n) is 7.97. The van der Waals surface area contributed by atoms with Crippen molar-refractivity contribution < 1.29 is 27.5 Å². The molecule has 8 heteroatoms. The Morgan fingerprint density at radius 2 is 1.96 bits per heavy atom. The van der Waals surface area contributed by atoms with E-state index in [4.69, 9.17) is 13.9 Å². The smallest absolute Gasteiger partial charge is 0.289 e. The topological polar surface area (TPSA) is 79.7 Å². The first-order valence-corrected chi connectivity index (χ1v) is 7.97. The lowest BCUT2D eigenvalue weighted by atomic mass is 10.1. The van der Waals surface area contributed by atoms with E-state index in [1.807, 2.05) is 0 Å². The number of furan rings is 1. The zero-order valence-electron chi connectivity index (χ0n) is 13.5. The second-order valence-corrected chi connectivity index (χ2v) is 5.95. The minimum absolute atomic E-state index is 0.114. The van der Waals surface area contributed by atoms with Gasteiger partial charge in [-0.1, -0.05) is 0 Å². The van der Waals surface area contributed by atoms with Crippen LogP contribution in [0.3, 0.4) is 0 Å². The molecule has 0 bridgehead atoms. The number of oxazole rings is 1. The van der Waals surface area contributed by atoms with Crippen molar-refractivity contribution in [2.24, 2.45) is 0 Å². The average Bonchev–Trinajstić information content (AvgIpc) is 3.26. The SMILES string of the molecule is O=C(c1ccc(CO)o1)N1CCc2oc(-c3cc(F)cc(F)c3)nc2C1. The summed E-state index contributed by atoms with van der Waals surface area (Å²) < 4.78 is 37.7. The van der Waals surface area contributed by atoms with Crippen molar-refractivity contribution in [3.8, 4) is 11.5 Å². The molecule has 1 aromatic carbocycles. The van der Waals surface area contributed by atoms with Gasteiger partial charge in [0.2, 0.25) is 5.89 Å². The minimum atomic E-state index is -0.717. The third-order valence-corrected chi connectivity index (χ3v) is 4.15. The molecule has 1 aliphatic heterocycles. The summed E-state index contributed by atoms with van der Waals surface area (Å²) in [6.07, 6.45) is 0.430. The Bertz CT molecular complexity index is 959. The van der Waals surface area contributed by atoms with Gasteiger partial charge >= 0.3 is 0 Å². The van der Waals surface area contributed by atoms with E-state index in [0.717, 1.165) is 18.2 Å². The predicted molar refractivity (Wildman–Crippen MR) is 84.9 cm³/mol. The second-order valence-electron chi connectivity index (χ2n) is 5.95. The van der Waals surface area contributed by atoms with Crippen LogP contribution >= 0.6 is 0 Å². The summed E-state index contributed by atoms with van der Waals surface area (Å²) >= 11 is 0. The van der Waals surface area contributed by atoms with Crippen LogP contribution < -0.4 is 0 Å². The highest BCUT2D eigenvalue weighted by Crippen LogP contribution is 2.28. The molecule has 3 heterocycles. The Morgan fingerprint density at radius 3 is 2.65 bits per heavy atom. The van der Waals surface area contributed by atoms with Crippen molar-refractivity contribution in [1.29, 1.82) is 0 Å². The van der Waals surface area contributed by atoms with Gasteiger partial charge in [0, 0.05) is 24.6 Å². The molecule has 0 spiro atoms. The highest BCUT2D eigenvalue weighted by molar-refractivity contribution is 5.91. The summed E-state index contributed by atoms with van der Waals surface area (Å²) in [5.74, 6) is -0.614. The van der Waals surface area contributed by atoms with E-state index in [1.165, 1.54) is 12.1 Å². The Hall–Kier alpha value is -3.00. The van der Waals surface area contributed by atoms with Gasteiger partial charge in [0.15, 0.2) is 5.76 Å². The van der Waals surface area contributed by atoms with E-state index in [1.54, 1.807) is 4.90 Å². The number of fused-ring (bicyclic) bond motifs is 1. The molecule has 134 valence electrons. The van der Waals surface area contributed by atoms with Crippen LogP contribution in [0.5, 0.6) is 0 Å². The fraction of sp³-hybridized carbons (Fsp3) is 0.222. The molecule has 1 amide bonds. The van der Waals surface area contributed by atoms with E-state index < -0.39 is 11.6 Å². The zero-order valence-corrected chi connectivity index (χ0v) is 13.5. The van der Waals surface area contributed by atoms with E-state index in [2.05, 4.69) is 4.98 Å². The maximum absolute atomic E-state index is 13.4. The lowest BCUT2D eigenvalue weighted by molar-refractivity contribution is 0.0691. The summed E-state index contributed by atoms with van der Waals surface area (Å²) in [4.78, 5) is 18.3. The average molecular weight is 360 g/mol. The van der Waals surface area contributed by atoms with Crippen molar-refractivity contribution >= 4 is 5.91 Å². The third kappa shape index (κ3) is 2.99. The van der Waals surface area contributed by atoms with Crippen molar-refractivity contribution in [2.75, 3.05) is 6.54 Å². The number of aliphatic hydroxyl groups excluding tert-OH is 1. The molecule has 0 atom stereocenters. The molecule has 6 nitrogen and oxygen atoms in total. The predicted octanol–water partition coefficient (Wildman–Crippen LogP) is 2.90. The van der Waals surface area contributed by atoms with Crippen LogP contribution in [-0.2, 0) is 19.6 Å². The number of halogens is 2. The molecule has 4 rings (SSSR count). The van der Waals surface area contributed by atoms with Gasteiger partial charge in [-0.3, -0.25) is 4.79 Å². The van der Waals surface area contributed by atoms with Crippen molar-refractivity contribution in [3.63, 3.8) is 0 Å². The fourth-order valence-electron chi connectivity index (χ4n) is 2.91. The number of rotatable bonds is 3. The largest absolute Gasteiger partial charge is 0.453 e. The Balaban J connectivity index is 1.57. The van der Waals surface area contributed by atoms with Crippen molar-refractivity contribution in [2.45, 2.75) is 19.6 Å². The maximum Gasteiger partial charge on any atom is 0.289 e. The van der Waals surface area contributed by atoms with Gasteiger partial charge in [0.25, 0.3) is 5.91 Å². The number of carbonyl (C=O) groups excluding carboxylic acids is 1. The third-order valence-electron chi connectivity index (χ3n) is 4.15. The van der Waals surface area contributed by atoms with Gasteiger partial charge in [0.1, 0.15) is 35.5 Å². The summed E-state index contributed by atoms with van der Waals surface area (Å²) in [7, 11) is 0. The van der Waals surface area contributed by atoms with E-state index in [9.17, 15) is 13.6 Å². The summed E-state index contributed by atoms with van der Waals surface area (Å²) in [6.45, 7) is 0.312.